The van der Waals surface area contributed by atoms with Crippen molar-refractivity contribution < 1.29 is 14.3 Å². The first-order valence-corrected chi connectivity index (χ1v) is 7.72. The first kappa shape index (κ1) is 16.8. The number of nitrogens with zero attached hydrogens (tertiary/aromatic N) is 1. The lowest BCUT2D eigenvalue weighted by molar-refractivity contribution is -0.118. The maximum absolute atomic E-state index is 12.2. The minimum atomic E-state index is -0.202. The minimum Gasteiger partial charge on any atom is -0.478 e. The second-order valence-corrected chi connectivity index (χ2v) is 5.01. The van der Waals surface area contributed by atoms with Gasteiger partial charge in [-0.1, -0.05) is 32.0 Å². The average molecular weight is 314 g/mol. The summed E-state index contributed by atoms with van der Waals surface area (Å²) in [6, 6.07) is 9.53. The van der Waals surface area contributed by atoms with Gasteiger partial charge in [0.2, 0.25) is 0 Å². The molecule has 0 saturated carbocycles. The Morgan fingerprint density at radius 1 is 1.13 bits per heavy atom. The third kappa shape index (κ3) is 4.22. The quantitative estimate of drug-likeness (QED) is 0.852. The summed E-state index contributed by atoms with van der Waals surface area (Å²) < 4.78 is 10.6. The predicted molar refractivity (Wildman–Crippen MR) is 90.1 cm³/mol. The van der Waals surface area contributed by atoms with E-state index in [4.69, 9.17) is 9.47 Å². The average Bonchev–Trinajstić information content (AvgIpc) is 2.60. The second-order valence-electron chi connectivity index (χ2n) is 5.01. The van der Waals surface area contributed by atoms with Gasteiger partial charge in [0.1, 0.15) is 0 Å². The van der Waals surface area contributed by atoms with Crippen LogP contribution in [0.5, 0.6) is 11.6 Å². The van der Waals surface area contributed by atoms with Gasteiger partial charge in [-0.05, 0) is 36.1 Å². The standard InChI is InChI=1S/C18H22N2O3/c1-4-13-8-6-9-14(5-2)17(13)20-16(21)12-23-15-10-7-11-19-18(15)22-3/h6-11H,4-5,12H2,1-3H3,(H,20,21). The lowest BCUT2D eigenvalue weighted by Crippen LogP contribution is -2.22. The highest BCUT2D eigenvalue weighted by atomic mass is 16.5. The molecule has 0 saturated heterocycles. The van der Waals surface area contributed by atoms with Gasteiger partial charge in [-0.25, -0.2) is 4.98 Å². The number of nitrogens with one attached hydrogen (secondary N) is 1. The molecule has 0 atom stereocenters. The van der Waals surface area contributed by atoms with Crippen molar-refractivity contribution >= 4 is 11.6 Å². The molecule has 0 aliphatic carbocycles. The highest BCUT2D eigenvalue weighted by Crippen LogP contribution is 2.24. The molecule has 1 amide bonds. The Balaban J connectivity index is 2.06. The van der Waals surface area contributed by atoms with Crippen LogP contribution in [-0.4, -0.2) is 24.6 Å². The number of ether oxygens (including phenoxy) is 2. The number of anilines is 1. The van der Waals surface area contributed by atoms with Crippen molar-refractivity contribution in [3.8, 4) is 11.6 Å². The molecule has 1 aromatic heterocycles. The number of carbonyl (C=O) groups excluding carboxylic acids is 1. The van der Waals surface area contributed by atoms with Crippen LogP contribution in [0.3, 0.4) is 0 Å². The van der Waals surface area contributed by atoms with E-state index in [2.05, 4.69) is 24.1 Å². The summed E-state index contributed by atoms with van der Waals surface area (Å²) >= 11 is 0. The van der Waals surface area contributed by atoms with Crippen LogP contribution in [-0.2, 0) is 17.6 Å². The number of carbonyl (C=O) groups is 1. The summed E-state index contributed by atoms with van der Waals surface area (Å²) in [7, 11) is 1.51. The van der Waals surface area contributed by atoms with Crippen molar-refractivity contribution in [1.82, 2.24) is 4.98 Å². The Bertz CT molecular complexity index is 649. The smallest absolute Gasteiger partial charge is 0.262 e. The fraction of sp³-hybridized carbons (Fsp3) is 0.333. The van der Waals surface area contributed by atoms with E-state index in [-0.39, 0.29) is 12.5 Å². The minimum absolute atomic E-state index is 0.0940. The van der Waals surface area contributed by atoms with Gasteiger partial charge in [0.25, 0.3) is 11.8 Å². The molecule has 0 aliphatic heterocycles. The molecule has 0 aliphatic rings. The van der Waals surface area contributed by atoms with Crippen LogP contribution in [0.2, 0.25) is 0 Å². The second kappa shape index (κ2) is 8.17. The van der Waals surface area contributed by atoms with Gasteiger partial charge in [-0.3, -0.25) is 4.79 Å². The number of hydrogen-bond donors (Lipinski definition) is 1. The molecule has 122 valence electrons. The molecule has 0 bridgehead atoms. The Morgan fingerprint density at radius 2 is 1.83 bits per heavy atom. The number of aromatic nitrogens is 1. The van der Waals surface area contributed by atoms with Crippen LogP contribution in [0.1, 0.15) is 25.0 Å². The van der Waals surface area contributed by atoms with Crippen molar-refractivity contribution in [2.45, 2.75) is 26.7 Å². The van der Waals surface area contributed by atoms with Crippen LogP contribution in [0, 0.1) is 0 Å². The largest absolute Gasteiger partial charge is 0.478 e. The monoisotopic (exact) mass is 314 g/mol. The number of amides is 1. The van der Waals surface area contributed by atoms with Gasteiger partial charge < -0.3 is 14.8 Å². The predicted octanol–water partition coefficient (Wildman–Crippen LogP) is 3.23. The summed E-state index contributed by atoms with van der Waals surface area (Å²) in [6.45, 7) is 4.05. The highest BCUT2D eigenvalue weighted by Gasteiger charge is 2.12. The number of benzene rings is 1. The van der Waals surface area contributed by atoms with E-state index >= 15 is 0 Å². The van der Waals surface area contributed by atoms with Crippen LogP contribution in [0.4, 0.5) is 5.69 Å². The van der Waals surface area contributed by atoms with E-state index in [1.807, 2.05) is 18.2 Å². The third-order valence-electron chi connectivity index (χ3n) is 3.55. The van der Waals surface area contributed by atoms with Crippen molar-refractivity contribution in [2.75, 3.05) is 19.0 Å². The molecular weight excluding hydrogens is 292 g/mol. The summed E-state index contributed by atoms with van der Waals surface area (Å²) in [4.78, 5) is 16.3. The maximum atomic E-state index is 12.2. The molecule has 0 unspecified atom stereocenters. The first-order valence-electron chi connectivity index (χ1n) is 7.72. The highest BCUT2D eigenvalue weighted by molar-refractivity contribution is 5.93. The van der Waals surface area contributed by atoms with Gasteiger partial charge in [0, 0.05) is 11.9 Å². The zero-order chi connectivity index (χ0) is 16.7. The molecule has 2 aromatic rings. The lowest BCUT2D eigenvalue weighted by Gasteiger charge is -2.15. The van der Waals surface area contributed by atoms with Gasteiger partial charge >= 0.3 is 0 Å². The number of rotatable bonds is 7. The Kier molecular flexibility index (Phi) is 5.97. The van der Waals surface area contributed by atoms with Gasteiger partial charge in [0.05, 0.1) is 7.11 Å². The molecule has 1 N–H and O–H groups in total. The van der Waals surface area contributed by atoms with Crippen LogP contribution in [0.15, 0.2) is 36.5 Å². The normalized spacial score (nSPS) is 10.2. The summed E-state index contributed by atoms with van der Waals surface area (Å²) in [5, 5.41) is 2.96. The molecule has 23 heavy (non-hydrogen) atoms. The van der Waals surface area contributed by atoms with Crippen LogP contribution < -0.4 is 14.8 Å². The Labute approximate surface area is 136 Å². The van der Waals surface area contributed by atoms with E-state index in [1.165, 1.54) is 7.11 Å². The number of pyridine rings is 1. The number of aryl methyl sites for hydroxylation is 2. The fourth-order valence-corrected chi connectivity index (χ4v) is 2.36. The summed E-state index contributed by atoms with van der Waals surface area (Å²) in [5.74, 6) is 0.611. The van der Waals surface area contributed by atoms with E-state index < -0.39 is 0 Å². The van der Waals surface area contributed by atoms with Gasteiger partial charge in [-0.15, -0.1) is 0 Å². The molecular formula is C18H22N2O3. The number of methoxy groups -OCH3 is 1. The van der Waals surface area contributed by atoms with E-state index in [1.54, 1.807) is 18.3 Å². The summed E-state index contributed by atoms with van der Waals surface area (Å²) in [5.41, 5.74) is 3.14. The SMILES string of the molecule is CCc1cccc(CC)c1NC(=O)COc1cccnc1OC. The molecule has 1 heterocycles. The Morgan fingerprint density at radius 3 is 2.43 bits per heavy atom. The maximum Gasteiger partial charge on any atom is 0.262 e. The first-order chi connectivity index (χ1) is 11.2. The molecule has 5 heteroatoms. The fourth-order valence-electron chi connectivity index (χ4n) is 2.36. The van der Waals surface area contributed by atoms with Crippen molar-refractivity contribution in [3.05, 3.63) is 47.7 Å². The van der Waals surface area contributed by atoms with E-state index in [0.29, 0.717) is 11.6 Å². The lowest BCUT2D eigenvalue weighted by atomic mass is 10.0. The van der Waals surface area contributed by atoms with Crippen molar-refractivity contribution in [3.63, 3.8) is 0 Å². The molecule has 5 nitrogen and oxygen atoms in total. The summed E-state index contributed by atoms with van der Waals surface area (Å²) in [6.07, 6.45) is 3.33. The molecule has 1 aromatic carbocycles. The molecule has 0 radical (unpaired) electrons. The van der Waals surface area contributed by atoms with Gasteiger partial charge in [0.15, 0.2) is 12.4 Å². The molecule has 0 fully saturated rings. The zero-order valence-corrected chi connectivity index (χ0v) is 13.8. The number of para-hydroxylation sites is 1. The Hall–Kier alpha value is -2.56. The number of hydrogen-bond acceptors (Lipinski definition) is 4. The third-order valence-corrected chi connectivity index (χ3v) is 3.55. The van der Waals surface area contributed by atoms with Crippen molar-refractivity contribution in [2.24, 2.45) is 0 Å². The van der Waals surface area contributed by atoms with Crippen LogP contribution in [0.25, 0.3) is 0 Å². The molecule has 0 spiro atoms. The van der Waals surface area contributed by atoms with Crippen LogP contribution >= 0.6 is 0 Å². The molecule has 2 rings (SSSR count). The zero-order valence-electron chi connectivity index (χ0n) is 13.8. The van der Waals surface area contributed by atoms with Gasteiger partial charge in [-0.2, -0.15) is 0 Å². The topological polar surface area (TPSA) is 60.5 Å². The van der Waals surface area contributed by atoms with Crippen molar-refractivity contribution in [1.29, 1.82) is 0 Å². The van der Waals surface area contributed by atoms with E-state index in [0.717, 1.165) is 29.7 Å². The van der Waals surface area contributed by atoms with E-state index in [9.17, 15) is 4.79 Å².